The van der Waals surface area contributed by atoms with Gasteiger partial charge in [-0.15, -0.1) is 0 Å². The first-order valence-corrected chi connectivity index (χ1v) is 8.95. The van der Waals surface area contributed by atoms with Crippen LogP contribution >= 0.6 is 0 Å². The molecule has 0 atom stereocenters. The zero-order chi connectivity index (χ0) is 18.8. The molecular formula is C22H20FN3O. The monoisotopic (exact) mass is 361 g/mol. The molecule has 0 saturated heterocycles. The molecule has 4 nitrogen and oxygen atoms in total. The summed E-state index contributed by atoms with van der Waals surface area (Å²) < 4.78 is 15.7. The number of rotatable bonds is 5. The molecule has 0 saturated carbocycles. The number of hydrogen-bond donors (Lipinski definition) is 1. The molecule has 2 heterocycles. The van der Waals surface area contributed by atoms with E-state index >= 15 is 0 Å². The molecule has 4 rings (SSSR count). The van der Waals surface area contributed by atoms with E-state index in [1.807, 2.05) is 34.9 Å². The number of pyridine rings is 1. The number of hydrogen-bond acceptors (Lipinski definition) is 3. The number of nitrogens with zero attached hydrogens (tertiary/aromatic N) is 3. The predicted molar refractivity (Wildman–Crippen MR) is 105 cm³/mol. The minimum absolute atomic E-state index is 0.149. The molecule has 0 aliphatic heterocycles. The number of halogens is 1. The molecule has 1 N–H and O–H groups in total. The summed E-state index contributed by atoms with van der Waals surface area (Å²) in [5, 5.41) is 9.11. The average Bonchev–Trinajstić information content (AvgIpc) is 3.10. The maximum absolute atomic E-state index is 13.7. The average molecular weight is 361 g/mol. The Bertz CT molecular complexity index is 1100. The van der Waals surface area contributed by atoms with E-state index in [-0.39, 0.29) is 12.4 Å². The van der Waals surface area contributed by atoms with Crippen LogP contribution in [0.15, 0.2) is 61.1 Å². The minimum Gasteiger partial charge on any atom is -0.396 e. The Hall–Kier alpha value is -3.05. The van der Waals surface area contributed by atoms with Crippen molar-refractivity contribution in [2.24, 2.45) is 0 Å². The van der Waals surface area contributed by atoms with Gasteiger partial charge in [-0.2, -0.15) is 0 Å². The van der Waals surface area contributed by atoms with Crippen LogP contribution < -0.4 is 0 Å². The number of fused-ring (bicyclic) bond motifs is 1. The largest absolute Gasteiger partial charge is 0.396 e. The van der Waals surface area contributed by atoms with Gasteiger partial charge >= 0.3 is 0 Å². The van der Waals surface area contributed by atoms with Gasteiger partial charge < -0.3 is 9.67 Å². The van der Waals surface area contributed by atoms with Crippen molar-refractivity contribution < 1.29 is 9.50 Å². The Morgan fingerprint density at radius 2 is 1.89 bits per heavy atom. The Morgan fingerprint density at radius 3 is 2.70 bits per heavy atom. The molecule has 2 aromatic carbocycles. The van der Waals surface area contributed by atoms with Crippen LogP contribution in [0, 0.1) is 12.7 Å². The fourth-order valence-corrected chi connectivity index (χ4v) is 3.30. The van der Waals surface area contributed by atoms with Gasteiger partial charge in [-0.3, -0.25) is 4.98 Å². The second-order valence-electron chi connectivity index (χ2n) is 6.58. The standard InChI is InChI=1S/C22H20FN3O/c1-15-12-17(5-7-19(15)23)22-18(4-2-9-24-22)16-6-8-20-21(13-16)26(14-25-20)10-3-11-27/h2,4-9,12-14,27H,3,10-11H2,1H3. The van der Waals surface area contributed by atoms with Crippen LogP contribution in [0.1, 0.15) is 12.0 Å². The van der Waals surface area contributed by atoms with Crippen molar-refractivity contribution in [3.63, 3.8) is 0 Å². The topological polar surface area (TPSA) is 50.9 Å². The lowest BCUT2D eigenvalue weighted by atomic mass is 9.98. The lowest BCUT2D eigenvalue weighted by Crippen LogP contribution is -1.98. The molecule has 0 fully saturated rings. The molecular weight excluding hydrogens is 341 g/mol. The van der Waals surface area contributed by atoms with Gasteiger partial charge in [-0.25, -0.2) is 9.37 Å². The van der Waals surface area contributed by atoms with E-state index in [0.717, 1.165) is 33.4 Å². The molecule has 0 unspecified atom stereocenters. The highest BCUT2D eigenvalue weighted by Gasteiger charge is 2.12. The minimum atomic E-state index is -0.217. The Kier molecular flexibility index (Phi) is 4.69. The molecule has 2 aromatic heterocycles. The smallest absolute Gasteiger partial charge is 0.126 e. The summed E-state index contributed by atoms with van der Waals surface area (Å²) in [6.45, 7) is 2.62. The van der Waals surface area contributed by atoms with Crippen LogP contribution in [0.2, 0.25) is 0 Å². The van der Waals surface area contributed by atoms with E-state index < -0.39 is 0 Å². The summed E-state index contributed by atoms with van der Waals surface area (Å²) in [5.41, 5.74) is 6.26. The van der Waals surface area contributed by atoms with E-state index in [1.54, 1.807) is 25.5 Å². The van der Waals surface area contributed by atoms with E-state index in [9.17, 15) is 4.39 Å². The van der Waals surface area contributed by atoms with Gasteiger partial charge in [-0.05, 0) is 60.9 Å². The van der Waals surface area contributed by atoms with Crippen molar-refractivity contribution in [3.8, 4) is 22.4 Å². The van der Waals surface area contributed by atoms with E-state index in [0.29, 0.717) is 18.5 Å². The van der Waals surface area contributed by atoms with Crippen LogP contribution in [0.4, 0.5) is 4.39 Å². The van der Waals surface area contributed by atoms with Crippen LogP contribution in [0.5, 0.6) is 0 Å². The van der Waals surface area contributed by atoms with Crippen molar-refractivity contribution in [1.29, 1.82) is 0 Å². The number of aliphatic hydroxyl groups is 1. The Morgan fingerprint density at radius 1 is 1.04 bits per heavy atom. The zero-order valence-electron chi connectivity index (χ0n) is 15.1. The van der Waals surface area contributed by atoms with Crippen LogP contribution in [0.25, 0.3) is 33.4 Å². The fourth-order valence-electron chi connectivity index (χ4n) is 3.30. The number of benzene rings is 2. The number of aromatic nitrogens is 3. The number of aliphatic hydroxyl groups excluding tert-OH is 1. The maximum atomic E-state index is 13.7. The van der Waals surface area contributed by atoms with Gasteiger partial charge in [0.05, 0.1) is 23.1 Å². The van der Waals surface area contributed by atoms with Crippen LogP contribution in [-0.2, 0) is 6.54 Å². The molecule has 5 heteroatoms. The molecule has 4 aromatic rings. The molecule has 0 amide bonds. The van der Waals surface area contributed by atoms with Crippen molar-refractivity contribution in [2.45, 2.75) is 19.9 Å². The highest BCUT2D eigenvalue weighted by molar-refractivity contribution is 5.87. The Labute approximate surface area is 157 Å². The maximum Gasteiger partial charge on any atom is 0.126 e. The number of aryl methyl sites for hydroxylation is 2. The summed E-state index contributed by atoms with van der Waals surface area (Å²) in [5.74, 6) is -0.217. The first-order valence-electron chi connectivity index (χ1n) is 8.95. The van der Waals surface area contributed by atoms with Gasteiger partial charge in [0.1, 0.15) is 5.82 Å². The van der Waals surface area contributed by atoms with Crippen molar-refractivity contribution in [2.75, 3.05) is 6.61 Å². The molecule has 27 heavy (non-hydrogen) atoms. The Balaban J connectivity index is 1.83. The van der Waals surface area contributed by atoms with Crippen molar-refractivity contribution >= 4 is 11.0 Å². The molecule has 0 spiro atoms. The SMILES string of the molecule is Cc1cc(-c2ncccc2-c2ccc3ncn(CCCO)c3c2)ccc1F. The summed E-state index contributed by atoms with van der Waals surface area (Å²) in [7, 11) is 0. The third-order valence-electron chi connectivity index (χ3n) is 4.73. The molecule has 0 bridgehead atoms. The van der Waals surface area contributed by atoms with E-state index in [4.69, 9.17) is 5.11 Å². The van der Waals surface area contributed by atoms with Crippen molar-refractivity contribution in [1.82, 2.24) is 14.5 Å². The van der Waals surface area contributed by atoms with Gasteiger partial charge in [0, 0.05) is 30.5 Å². The first-order chi connectivity index (χ1) is 13.2. The summed E-state index contributed by atoms with van der Waals surface area (Å²) in [6, 6.07) is 15.1. The van der Waals surface area contributed by atoms with Crippen molar-refractivity contribution in [3.05, 3.63) is 72.4 Å². The molecule has 0 radical (unpaired) electrons. The fraction of sp³-hybridized carbons (Fsp3) is 0.182. The van der Waals surface area contributed by atoms with Gasteiger partial charge in [0.2, 0.25) is 0 Å². The summed E-state index contributed by atoms with van der Waals surface area (Å²) in [4.78, 5) is 8.99. The summed E-state index contributed by atoms with van der Waals surface area (Å²) >= 11 is 0. The third-order valence-corrected chi connectivity index (χ3v) is 4.73. The lowest BCUT2D eigenvalue weighted by molar-refractivity contribution is 0.280. The van der Waals surface area contributed by atoms with Gasteiger partial charge in [0.25, 0.3) is 0 Å². The third kappa shape index (κ3) is 3.34. The highest BCUT2D eigenvalue weighted by atomic mass is 19.1. The van der Waals surface area contributed by atoms with Gasteiger partial charge in [-0.1, -0.05) is 12.1 Å². The normalized spacial score (nSPS) is 11.2. The second kappa shape index (κ2) is 7.29. The quantitative estimate of drug-likeness (QED) is 0.565. The number of imidazole rings is 1. The predicted octanol–water partition coefficient (Wildman–Crippen LogP) is 4.60. The lowest BCUT2D eigenvalue weighted by Gasteiger charge is -2.11. The molecule has 0 aliphatic rings. The van der Waals surface area contributed by atoms with Crippen LogP contribution in [0.3, 0.4) is 0 Å². The first kappa shape index (κ1) is 17.4. The molecule has 0 aliphatic carbocycles. The summed E-state index contributed by atoms with van der Waals surface area (Å²) in [6.07, 6.45) is 4.24. The molecule has 136 valence electrons. The second-order valence-corrected chi connectivity index (χ2v) is 6.58. The van der Waals surface area contributed by atoms with E-state index in [2.05, 4.69) is 16.0 Å². The van der Waals surface area contributed by atoms with Gasteiger partial charge in [0.15, 0.2) is 0 Å². The highest BCUT2D eigenvalue weighted by Crippen LogP contribution is 2.32. The van der Waals surface area contributed by atoms with E-state index in [1.165, 1.54) is 6.07 Å². The zero-order valence-corrected chi connectivity index (χ0v) is 15.1. The van der Waals surface area contributed by atoms with Crippen LogP contribution in [-0.4, -0.2) is 26.2 Å².